The van der Waals surface area contributed by atoms with E-state index in [1.807, 2.05) is 49.4 Å². The van der Waals surface area contributed by atoms with Crippen molar-refractivity contribution < 1.29 is 14.1 Å². The van der Waals surface area contributed by atoms with E-state index in [-0.39, 0.29) is 28.7 Å². The highest BCUT2D eigenvalue weighted by molar-refractivity contribution is 6.34. The highest BCUT2D eigenvalue weighted by Gasteiger charge is 2.22. The predicted molar refractivity (Wildman–Crippen MR) is 102 cm³/mol. The summed E-state index contributed by atoms with van der Waals surface area (Å²) in [5.74, 6) is 1.08. The fraction of sp³-hybridized carbons (Fsp3) is 0.150. The van der Waals surface area contributed by atoms with Crippen molar-refractivity contribution >= 4 is 23.2 Å². The maximum absolute atomic E-state index is 13.1. The minimum Gasteiger partial charge on any atom is -0.464 e. The topological polar surface area (TPSA) is 76.6 Å². The molecule has 7 heteroatoms. The lowest BCUT2D eigenvalue weighted by Crippen LogP contribution is -2.30. The molecule has 0 aliphatic heterocycles. The third-order valence-corrected chi connectivity index (χ3v) is 4.35. The molecule has 0 spiro atoms. The van der Waals surface area contributed by atoms with Crippen LogP contribution in [0.4, 0.5) is 5.69 Å². The zero-order chi connectivity index (χ0) is 19.4. The second-order valence-corrected chi connectivity index (χ2v) is 6.49. The van der Waals surface area contributed by atoms with Gasteiger partial charge in [0.05, 0.1) is 22.1 Å². The first-order valence-corrected chi connectivity index (χ1v) is 8.64. The lowest BCUT2D eigenvalue weighted by atomic mass is 10.1. The zero-order valence-electron chi connectivity index (χ0n) is 14.6. The van der Waals surface area contributed by atoms with E-state index in [1.54, 1.807) is 4.90 Å². The van der Waals surface area contributed by atoms with Crippen molar-refractivity contribution in [1.29, 1.82) is 0 Å². The third-order valence-electron chi connectivity index (χ3n) is 4.04. The number of furan rings is 1. The highest BCUT2D eigenvalue weighted by Crippen LogP contribution is 2.25. The molecule has 1 aromatic heterocycles. The molecule has 6 nitrogen and oxygen atoms in total. The third kappa shape index (κ3) is 4.54. The number of non-ortho nitro benzene ring substituents is 1. The van der Waals surface area contributed by atoms with Crippen LogP contribution < -0.4 is 0 Å². The Morgan fingerprint density at radius 2 is 1.85 bits per heavy atom. The van der Waals surface area contributed by atoms with Crippen LogP contribution in [0.5, 0.6) is 0 Å². The van der Waals surface area contributed by atoms with Crippen molar-refractivity contribution in [2.45, 2.75) is 20.0 Å². The molecular weight excluding hydrogens is 368 g/mol. The van der Waals surface area contributed by atoms with Crippen LogP contribution in [0.3, 0.4) is 0 Å². The molecule has 3 rings (SSSR count). The molecule has 1 amide bonds. The van der Waals surface area contributed by atoms with Crippen LogP contribution in [0.1, 0.15) is 27.4 Å². The largest absolute Gasteiger partial charge is 0.464 e. The van der Waals surface area contributed by atoms with E-state index < -0.39 is 4.92 Å². The van der Waals surface area contributed by atoms with E-state index in [1.165, 1.54) is 18.2 Å². The van der Waals surface area contributed by atoms with Crippen LogP contribution in [0, 0.1) is 17.0 Å². The van der Waals surface area contributed by atoms with Gasteiger partial charge in [0.25, 0.3) is 11.6 Å². The normalized spacial score (nSPS) is 10.6. The van der Waals surface area contributed by atoms with Gasteiger partial charge in [0.1, 0.15) is 11.5 Å². The summed E-state index contributed by atoms with van der Waals surface area (Å²) in [6.45, 7) is 2.45. The van der Waals surface area contributed by atoms with Gasteiger partial charge in [-0.2, -0.15) is 0 Å². The van der Waals surface area contributed by atoms with E-state index in [9.17, 15) is 14.9 Å². The summed E-state index contributed by atoms with van der Waals surface area (Å²) in [4.78, 5) is 25.0. The Kier molecular flexibility index (Phi) is 5.57. The van der Waals surface area contributed by atoms with Gasteiger partial charge in [-0.15, -0.1) is 0 Å². The molecule has 0 unspecified atom stereocenters. The monoisotopic (exact) mass is 384 g/mol. The first-order chi connectivity index (χ1) is 12.9. The van der Waals surface area contributed by atoms with Gasteiger partial charge in [-0.05, 0) is 30.7 Å². The molecule has 0 atom stereocenters. The van der Waals surface area contributed by atoms with E-state index in [4.69, 9.17) is 16.0 Å². The molecule has 0 fully saturated rings. The number of benzene rings is 2. The van der Waals surface area contributed by atoms with E-state index in [2.05, 4.69) is 0 Å². The SMILES string of the molecule is Cc1ccc(CN(Cc2ccccc2)C(=O)c2ccc([N+](=O)[O-])cc2Cl)o1. The number of nitro groups is 1. The Morgan fingerprint density at radius 3 is 2.44 bits per heavy atom. The average Bonchev–Trinajstić information content (AvgIpc) is 3.06. The second-order valence-electron chi connectivity index (χ2n) is 6.08. The number of carbonyl (C=O) groups is 1. The number of hydrogen-bond donors (Lipinski definition) is 0. The van der Waals surface area contributed by atoms with E-state index in [0.29, 0.717) is 12.3 Å². The fourth-order valence-corrected chi connectivity index (χ4v) is 2.98. The summed E-state index contributed by atoms with van der Waals surface area (Å²) in [5.41, 5.74) is 1.00. The summed E-state index contributed by atoms with van der Waals surface area (Å²) in [6.07, 6.45) is 0. The number of hydrogen-bond acceptors (Lipinski definition) is 4. The van der Waals surface area contributed by atoms with Crippen LogP contribution in [0.15, 0.2) is 65.1 Å². The number of aryl methyl sites for hydroxylation is 1. The molecule has 2 aromatic carbocycles. The first kappa shape index (κ1) is 18.7. The molecule has 0 bridgehead atoms. The lowest BCUT2D eigenvalue weighted by molar-refractivity contribution is -0.384. The number of nitro benzene ring substituents is 1. The molecule has 0 N–H and O–H groups in total. The van der Waals surface area contributed by atoms with Crippen LogP contribution in [-0.4, -0.2) is 15.7 Å². The number of carbonyl (C=O) groups excluding carboxylic acids is 1. The number of halogens is 1. The summed E-state index contributed by atoms with van der Waals surface area (Å²) >= 11 is 6.15. The van der Waals surface area contributed by atoms with Gasteiger partial charge in [0, 0.05) is 18.7 Å². The Balaban J connectivity index is 1.91. The van der Waals surface area contributed by atoms with Gasteiger partial charge >= 0.3 is 0 Å². The van der Waals surface area contributed by atoms with Gasteiger partial charge in [-0.3, -0.25) is 14.9 Å². The number of nitrogens with zero attached hydrogens (tertiary/aromatic N) is 2. The second kappa shape index (κ2) is 8.05. The van der Waals surface area contributed by atoms with Crippen LogP contribution in [-0.2, 0) is 13.1 Å². The minimum atomic E-state index is -0.548. The van der Waals surface area contributed by atoms with Crippen molar-refractivity contribution in [2.24, 2.45) is 0 Å². The minimum absolute atomic E-state index is 0.0443. The average molecular weight is 385 g/mol. The molecule has 0 aliphatic carbocycles. The Hall–Kier alpha value is -3.12. The van der Waals surface area contributed by atoms with E-state index >= 15 is 0 Å². The van der Waals surface area contributed by atoms with Crippen molar-refractivity contribution in [3.05, 3.63) is 98.4 Å². The molecule has 138 valence electrons. The number of amides is 1. The maximum Gasteiger partial charge on any atom is 0.270 e. The van der Waals surface area contributed by atoms with Crippen molar-refractivity contribution in [1.82, 2.24) is 4.90 Å². The molecule has 3 aromatic rings. The smallest absolute Gasteiger partial charge is 0.270 e. The van der Waals surface area contributed by atoms with Crippen molar-refractivity contribution in [2.75, 3.05) is 0 Å². The summed E-state index contributed by atoms with van der Waals surface area (Å²) in [7, 11) is 0. The standard InChI is InChI=1S/C20H17ClN2O4/c1-14-7-9-17(27-14)13-22(12-15-5-3-2-4-6-15)20(24)18-10-8-16(23(25)26)11-19(18)21/h2-11H,12-13H2,1H3. The maximum atomic E-state index is 13.1. The summed E-state index contributed by atoms with van der Waals surface area (Å²) in [6, 6.07) is 17.0. The van der Waals surface area contributed by atoms with Crippen LogP contribution in [0.2, 0.25) is 5.02 Å². The summed E-state index contributed by atoms with van der Waals surface area (Å²) < 4.78 is 5.60. The fourth-order valence-electron chi connectivity index (χ4n) is 2.72. The molecule has 0 aliphatic rings. The Morgan fingerprint density at radius 1 is 1.11 bits per heavy atom. The predicted octanol–water partition coefficient (Wildman–Crippen LogP) is 4.99. The van der Waals surface area contributed by atoms with Crippen molar-refractivity contribution in [3.63, 3.8) is 0 Å². The molecule has 27 heavy (non-hydrogen) atoms. The van der Waals surface area contributed by atoms with Crippen LogP contribution in [0.25, 0.3) is 0 Å². The molecule has 0 saturated heterocycles. The van der Waals surface area contributed by atoms with Gasteiger partial charge in [-0.25, -0.2) is 0 Å². The lowest BCUT2D eigenvalue weighted by Gasteiger charge is -2.22. The Bertz CT molecular complexity index is 969. The van der Waals surface area contributed by atoms with Gasteiger partial charge in [0.15, 0.2) is 0 Å². The van der Waals surface area contributed by atoms with Gasteiger partial charge < -0.3 is 9.32 Å². The summed E-state index contributed by atoms with van der Waals surface area (Å²) in [5, 5.41) is 10.9. The Labute approximate surface area is 161 Å². The molecule has 0 saturated carbocycles. The molecular formula is C20H17ClN2O4. The van der Waals surface area contributed by atoms with E-state index in [0.717, 1.165) is 11.3 Å². The van der Waals surface area contributed by atoms with Gasteiger partial charge in [-0.1, -0.05) is 41.9 Å². The molecule has 0 radical (unpaired) electrons. The number of rotatable bonds is 6. The van der Waals surface area contributed by atoms with Crippen molar-refractivity contribution in [3.8, 4) is 0 Å². The van der Waals surface area contributed by atoms with Crippen LogP contribution >= 0.6 is 11.6 Å². The quantitative estimate of drug-likeness (QED) is 0.443. The molecule has 1 heterocycles. The zero-order valence-corrected chi connectivity index (χ0v) is 15.3. The first-order valence-electron chi connectivity index (χ1n) is 8.26. The van der Waals surface area contributed by atoms with Gasteiger partial charge in [0.2, 0.25) is 0 Å². The highest BCUT2D eigenvalue weighted by atomic mass is 35.5.